The van der Waals surface area contributed by atoms with E-state index in [0.29, 0.717) is 12.4 Å². The normalized spacial score (nSPS) is 18.4. The molecule has 5 nitrogen and oxygen atoms in total. The van der Waals surface area contributed by atoms with E-state index < -0.39 is 12.6 Å². The van der Waals surface area contributed by atoms with Crippen LogP contribution in [-0.2, 0) is 14.3 Å². The van der Waals surface area contributed by atoms with Crippen molar-refractivity contribution in [1.82, 2.24) is 0 Å². The molecule has 2 atom stereocenters. The number of halogens is 2. The molecule has 0 bridgehead atoms. The molecule has 0 amide bonds. The summed E-state index contributed by atoms with van der Waals surface area (Å²) in [7, 11) is 1.31. The van der Waals surface area contributed by atoms with Gasteiger partial charge in [0.25, 0.3) is 0 Å². The summed E-state index contributed by atoms with van der Waals surface area (Å²) in [5.41, 5.74) is 1.79. The Morgan fingerprint density at radius 2 is 1.61 bits per heavy atom. The van der Waals surface area contributed by atoms with Crippen LogP contribution >= 0.6 is 0 Å². The van der Waals surface area contributed by atoms with Gasteiger partial charge in [0, 0.05) is 0 Å². The summed E-state index contributed by atoms with van der Waals surface area (Å²) in [6.07, 6.45) is 1.54. The fourth-order valence-corrected chi connectivity index (χ4v) is 2.82. The number of methoxy groups -OCH3 is 1. The summed E-state index contributed by atoms with van der Waals surface area (Å²) in [6, 6.07) is 13.8. The monoisotopic (exact) mass is 390 g/mol. The minimum atomic E-state index is -2.84. The molecule has 1 heterocycles. The summed E-state index contributed by atoms with van der Waals surface area (Å²) < 4.78 is 44.7. The van der Waals surface area contributed by atoms with Crippen LogP contribution in [0.5, 0.6) is 11.5 Å². The van der Waals surface area contributed by atoms with Gasteiger partial charge in [-0.1, -0.05) is 24.3 Å². The second-order valence-electron chi connectivity index (χ2n) is 6.25. The van der Waals surface area contributed by atoms with Gasteiger partial charge in [0.15, 0.2) is 0 Å². The Balaban J connectivity index is 1.59. The quantitative estimate of drug-likeness (QED) is 0.655. The molecule has 0 aliphatic carbocycles. The number of carbonyl (C=O) groups excluding carboxylic acids is 1. The van der Waals surface area contributed by atoms with Crippen LogP contribution in [0.15, 0.2) is 60.4 Å². The smallest absolute Gasteiger partial charge is 0.387 e. The third-order valence-corrected chi connectivity index (χ3v) is 4.38. The maximum atomic E-state index is 12.2. The van der Waals surface area contributed by atoms with Crippen molar-refractivity contribution in [2.75, 3.05) is 13.7 Å². The minimum Gasteiger partial charge on any atom is -0.493 e. The molecule has 0 aromatic heterocycles. The molecular formula is C21H20F2O5. The van der Waals surface area contributed by atoms with Crippen molar-refractivity contribution in [3.8, 4) is 22.6 Å². The lowest BCUT2D eigenvalue weighted by atomic mass is 10.1. The van der Waals surface area contributed by atoms with Crippen molar-refractivity contribution in [2.24, 2.45) is 5.92 Å². The van der Waals surface area contributed by atoms with Crippen molar-refractivity contribution in [3.05, 3.63) is 60.4 Å². The van der Waals surface area contributed by atoms with E-state index in [9.17, 15) is 13.6 Å². The largest absolute Gasteiger partial charge is 0.493 e. The zero-order valence-corrected chi connectivity index (χ0v) is 15.4. The maximum absolute atomic E-state index is 12.2. The molecule has 2 unspecified atom stereocenters. The Morgan fingerprint density at radius 1 is 1.04 bits per heavy atom. The van der Waals surface area contributed by atoms with E-state index in [-0.39, 0.29) is 23.5 Å². The van der Waals surface area contributed by atoms with Crippen LogP contribution < -0.4 is 9.47 Å². The molecule has 0 radical (unpaired) electrons. The van der Waals surface area contributed by atoms with Crippen LogP contribution in [0, 0.1) is 5.92 Å². The molecule has 148 valence electrons. The summed E-state index contributed by atoms with van der Waals surface area (Å²) in [5, 5.41) is 0. The van der Waals surface area contributed by atoms with Crippen molar-refractivity contribution >= 4 is 5.97 Å². The van der Waals surface area contributed by atoms with Gasteiger partial charge in [-0.2, -0.15) is 8.78 Å². The highest BCUT2D eigenvalue weighted by Crippen LogP contribution is 2.27. The molecular weight excluding hydrogens is 370 g/mol. The topological polar surface area (TPSA) is 54.0 Å². The molecule has 0 N–H and O–H groups in total. The van der Waals surface area contributed by atoms with E-state index in [4.69, 9.17) is 9.47 Å². The highest BCUT2D eigenvalue weighted by molar-refractivity contribution is 5.86. The molecule has 2 aromatic carbocycles. The van der Waals surface area contributed by atoms with Gasteiger partial charge in [-0.05, 0) is 48.4 Å². The first-order valence-corrected chi connectivity index (χ1v) is 8.71. The summed E-state index contributed by atoms with van der Waals surface area (Å²) in [4.78, 5) is 11.5. The van der Waals surface area contributed by atoms with Gasteiger partial charge < -0.3 is 18.9 Å². The van der Waals surface area contributed by atoms with E-state index in [2.05, 4.69) is 9.47 Å². The Hall–Kier alpha value is -3.09. The predicted octanol–water partition coefficient (Wildman–Crippen LogP) is 4.43. The van der Waals surface area contributed by atoms with Gasteiger partial charge in [0.05, 0.1) is 19.6 Å². The Kier molecular flexibility index (Phi) is 6.13. The average molecular weight is 390 g/mol. The second kappa shape index (κ2) is 8.73. The molecule has 2 aromatic rings. The van der Waals surface area contributed by atoms with Crippen molar-refractivity contribution in [3.63, 3.8) is 0 Å². The van der Waals surface area contributed by atoms with E-state index in [1.807, 2.05) is 31.2 Å². The van der Waals surface area contributed by atoms with Gasteiger partial charge in [0.2, 0.25) is 5.76 Å². The third kappa shape index (κ3) is 4.79. The van der Waals surface area contributed by atoms with Gasteiger partial charge in [-0.25, -0.2) is 4.79 Å². The molecule has 1 aliphatic heterocycles. The average Bonchev–Trinajstić information content (AvgIpc) is 3.07. The number of rotatable bonds is 7. The predicted molar refractivity (Wildman–Crippen MR) is 98.1 cm³/mol. The van der Waals surface area contributed by atoms with Gasteiger partial charge >= 0.3 is 12.6 Å². The van der Waals surface area contributed by atoms with E-state index in [1.54, 1.807) is 18.2 Å². The van der Waals surface area contributed by atoms with Crippen LogP contribution in [0.1, 0.15) is 6.92 Å². The standard InChI is InChI=1S/C21H20F2O5/c1-13-16(11-19(27-13)20(24)25-2)12-26-17-7-3-14(4-8-17)15-5-9-18(10-6-15)28-21(22)23/h3-11,13,16,21H,12H2,1-2H3. The Labute approximate surface area is 161 Å². The number of hydrogen-bond acceptors (Lipinski definition) is 5. The fraction of sp³-hybridized carbons (Fsp3) is 0.286. The zero-order chi connectivity index (χ0) is 20.1. The number of ether oxygens (including phenoxy) is 4. The van der Waals surface area contributed by atoms with Crippen LogP contribution in [0.3, 0.4) is 0 Å². The fourth-order valence-electron chi connectivity index (χ4n) is 2.82. The zero-order valence-electron chi connectivity index (χ0n) is 15.4. The highest BCUT2D eigenvalue weighted by atomic mass is 19.3. The Bertz CT molecular complexity index is 831. The summed E-state index contributed by atoms with van der Waals surface area (Å²) >= 11 is 0. The number of benzene rings is 2. The van der Waals surface area contributed by atoms with E-state index in [0.717, 1.165) is 11.1 Å². The highest BCUT2D eigenvalue weighted by Gasteiger charge is 2.30. The SMILES string of the molecule is COC(=O)C1=CC(COc2ccc(-c3ccc(OC(F)F)cc3)cc2)C(C)O1. The van der Waals surface area contributed by atoms with Crippen LogP contribution in [0.2, 0.25) is 0 Å². The molecule has 0 saturated heterocycles. The Morgan fingerprint density at radius 3 is 2.14 bits per heavy atom. The number of hydrogen-bond donors (Lipinski definition) is 0. The first-order valence-electron chi connectivity index (χ1n) is 8.71. The summed E-state index contributed by atoms with van der Waals surface area (Å²) in [6.45, 7) is -0.611. The molecule has 3 rings (SSSR count). The lowest BCUT2D eigenvalue weighted by Gasteiger charge is -2.15. The molecule has 7 heteroatoms. The van der Waals surface area contributed by atoms with Crippen molar-refractivity contribution in [1.29, 1.82) is 0 Å². The first kappa shape index (κ1) is 19.7. The van der Waals surface area contributed by atoms with E-state index >= 15 is 0 Å². The molecule has 0 fully saturated rings. The summed E-state index contributed by atoms with van der Waals surface area (Å²) in [5.74, 6) is 0.442. The van der Waals surface area contributed by atoms with Gasteiger partial charge in [-0.3, -0.25) is 0 Å². The third-order valence-electron chi connectivity index (χ3n) is 4.38. The molecule has 0 spiro atoms. The first-order chi connectivity index (χ1) is 13.5. The number of carbonyl (C=O) groups is 1. The molecule has 0 saturated carbocycles. The van der Waals surface area contributed by atoms with Crippen molar-refractivity contribution < 1.29 is 32.5 Å². The van der Waals surface area contributed by atoms with Gasteiger partial charge in [0.1, 0.15) is 17.6 Å². The minimum absolute atomic E-state index is 0.0591. The lowest BCUT2D eigenvalue weighted by molar-refractivity contribution is -0.140. The maximum Gasteiger partial charge on any atom is 0.387 e. The second-order valence-corrected chi connectivity index (χ2v) is 6.25. The number of alkyl halides is 2. The lowest BCUT2D eigenvalue weighted by Crippen LogP contribution is -2.19. The van der Waals surface area contributed by atoms with Crippen LogP contribution in [-0.4, -0.2) is 32.4 Å². The van der Waals surface area contributed by atoms with Gasteiger partial charge in [-0.15, -0.1) is 0 Å². The molecule has 28 heavy (non-hydrogen) atoms. The number of esters is 1. The molecule has 1 aliphatic rings. The van der Waals surface area contributed by atoms with Crippen LogP contribution in [0.4, 0.5) is 8.78 Å². The van der Waals surface area contributed by atoms with Crippen molar-refractivity contribution in [2.45, 2.75) is 19.6 Å². The van der Waals surface area contributed by atoms with Crippen LogP contribution in [0.25, 0.3) is 11.1 Å². The van der Waals surface area contributed by atoms with E-state index in [1.165, 1.54) is 19.2 Å².